The zero-order valence-electron chi connectivity index (χ0n) is 17.6. The molecule has 1 saturated heterocycles. The van der Waals surface area contributed by atoms with E-state index < -0.39 is 0 Å². The summed E-state index contributed by atoms with van der Waals surface area (Å²) >= 11 is 0. The van der Waals surface area contributed by atoms with Crippen LogP contribution in [-0.2, 0) is 4.74 Å². The number of aliphatic imine (C=N–C) groups is 1. The first-order valence-electron chi connectivity index (χ1n) is 9.72. The topological polar surface area (TPSA) is 52.1 Å². The Morgan fingerprint density at radius 1 is 1.08 bits per heavy atom. The van der Waals surface area contributed by atoms with E-state index in [4.69, 9.17) is 4.74 Å². The third-order valence-electron chi connectivity index (χ3n) is 5.03. The maximum absolute atomic E-state index is 5.60. The van der Waals surface area contributed by atoms with Gasteiger partial charge in [-0.15, -0.1) is 0 Å². The third-order valence-corrected chi connectivity index (χ3v) is 5.03. The van der Waals surface area contributed by atoms with Gasteiger partial charge in [0.1, 0.15) is 0 Å². The summed E-state index contributed by atoms with van der Waals surface area (Å²) < 4.78 is 5.60. The zero-order valence-corrected chi connectivity index (χ0v) is 17.6. The van der Waals surface area contributed by atoms with Gasteiger partial charge in [0.2, 0.25) is 0 Å². The van der Waals surface area contributed by atoms with Crippen LogP contribution in [0.1, 0.15) is 34.6 Å². The lowest BCUT2D eigenvalue weighted by Gasteiger charge is -2.35. The molecule has 148 valence electrons. The second-order valence-electron chi connectivity index (χ2n) is 8.26. The smallest absolute Gasteiger partial charge is 0.191 e. The highest BCUT2D eigenvalue weighted by Crippen LogP contribution is 2.20. The molecule has 0 spiro atoms. The predicted molar refractivity (Wildman–Crippen MR) is 107 cm³/mol. The minimum absolute atomic E-state index is 0.106. The molecule has 6 heteroatoms. The van der Waals surface area contributed by atoms with E-state index in [1.54, 1.807) is 7.11 Å². The number of likely N-dealkylation sites (N-methyl/N-ethyl adjacent to an activating group) is 1. The fraction of sp³-hybridized carbons (Fsp3) is 0.947. The lowest BCUT2D eigenvalue weighted by atomic mass is 9.89. The van der Waals surface area contributed by atoms with Gasteiger partial charge in [-0.25, -0.2) is 0 Å². The van der Waals surface area contributed by atoms with Crippen molar-refractivity contribution in [3.8, 4) is 0 Å². The molecule has 0 aliphatic carbocycles. The van der Waals surface area contributed by atoms with E-state index in [-0.39, 0.29) is 11.5 Å². The van der Waals surface area contributed by atoms with Crippen molar-refractivity contribution in [2.45, 2.75) is 40.7 Å². The number of piperazine rings is 1. The number of rotatable bonds is 8. The monoisotopic (exact) mass is 355 g/mol. The van der Waals surface area contributed by atoms with Crippen LogP contribution in [0.5, 0.6) is 0 Å². The van der Waals surface area contributed by atoms with Crippen molar-refractivity contribution in [2.24, 2.45) is 16.3 Å². The van der Waals surface area contributed by atoms with Crippen molar-refractivity contribution in [1.29, 1.82) is 0 Å². The molecule has 0 saturated carbocycles. The summed E-state index contributed by atoms with van der Waals surface area (Å²) in [7, 11) is 3.59. The fourth-order valence-electron chi connectivity index (χ4n) is 3.22. The molecule has 1 fully saturated rings. The molecule has 6 nitrogen and oxygen atoms in total. The molecular weight excluding hydrogens is 314 g/mol. The second kappa shape index (κ2) is 11.0. The van der Waals surface area contributed by atoms with Crippen LogP contribution in [0.3, 0.4) is 0 Å². The number of nitrogens with one attached hydrogen (secondary N) is 2. The first-order valence-corrected chi connectivity index (χ1v) is 9.72. The van der Waals surface area contributed by atoms with Crippen molar-refractivity contribution in [1.82, 2.24) is 20.4 Å². The summed E-state index contributed by atoms with van der Waals surface area (Å²) in [6.45, 7) is 19.9. The van der Waals surface area contributed by atoms with Crippen molar-refractivity contribution < 1.29 is 4.74 Å². The SMILES string of the molecule is CCN1CCN(CC(C)CNC(=NC)NCC(OC)C(C)(C)C)CC1. The van der Waals surface area contributed by atoms with Gasteiger partial charge in [0.25, 0.3) is 0 Å². The van der Waals surface area contributed by atoms with E-state index >= 15 is 0 Å². The van der Waals surface area contributed by atoms with Crippen molar-refractivity contribution in [2.75, 3.05) is 66.5 Å². The van der Waals surface area contributed by atoms with Gasteiger partial charge >= 0.3 is 0 Å². The van der Waals surface area contributed by atoms with E-state index in [0.29, 0.717) is 5.92 Å². The van der Waals surface area contributed by atoms with Crippen LogP contribution in [0.25, 0.3) is 0 Å². The largest absolute Gasteiger partial charge is 0.379 e. The molecule has 1 aliphatic rings. The van der Waals surface area contributed by atoms with E-state index in [1.807, 2.05) is 7.05 Å². The Morgan fingerprint density at radius 3 is 2.12 bits per heavy atom. The molecule has 0 bridgehead atoms. The first-order chi connectivity index (χ1) is 11.8. The number of hydrogen-bond donors (Lipinski definition) is 2. The first kappa shape index (κ1) is 22.2. The molecule has 2 N–H and O–H groups in total. The van der Waals surface area contributed by atoms with Crippen LogP contribution < -0.4 is 10.6 Å². The molecule has 2 unspecified atom stereocenters. The van der Waals surface area contributed by atoms with E-state index in [0.717, 1.165) is 25.6 Å². The normalized spacial score (nSPS) is 20.4. The Balaban J connectivity index is 2.29. The number of ether oxygens (including phenoxy) is 1. The summed E-state index contributed by atoms with van der Waals surface area (Å²) in [6.07, 6.45) is 0.151. The van der Waals surface area contributed by atoms with E-state index in [2.05, 4.69) is 60.0 Å². The Morgan fingerprint density at radius 2 is 1.64 bits per heavy atom. The summed E-state index contributed by atoms with van der Waals surface area (Å²) in [6, 6.07) is 0. The predicted octanol–water partition coefficient (Wildman–Crippen LogP) is 1.49. The molecular formula is C19H41N5O. The van der Waals surface area contributed by atoms with Crippen molar-refractivity contribution >= 4 is 5.96 Å². The fourth-order valence-corrected chi connectivity index (χ4v) is 3.22. The average Bonchev–Trinajstić information content (AvgIpc) is 2.57. The van der Waals surface area contributed by atoms with Crippen LogP contribution in [-0.4, -0.2) is 88.4 Å². The molecule has 0 radical (unpaired) electrons. The van der Waals surface area contributed by atoms with Gasteiger partial charge in [-0.2, -0.15) is 0 Å². The Hall–Kier alpha value is -0.850. The Labute approximate surface area is 155 Å². The lowest BCUT2D eigenvalue weighted by molar-refractivity contribution is 0.0205. The molecule has 0 amide bonds. The van der Waals surface area contributed by atoms with Gasteiger partial charge in [0.05, 0.1) is 6.10 Å². The van der Waals surface area contributed by atoms with Crippen LogP contribution in [0, 0.1) is 11.3 Å². The molecule has 0 aromatic rings. The second-order valence-corrected chi connectivity index (χ2v) is 8.26. The maximum atomic E-state index is 5.60. The van der Waals surface area contributed by atoms with Gasteiger partial charge in [-0.1, -0.05) is 34.6 Å². The van der Waals surface area contributed by atoms with E-state index in [9.17, 15) is 0 Å². The number of methoxy groups -OCH3 is 1. The molecule has 2 atom stereocenters. The minimum atomic E-state index is 0.106. The highest BCUT2D eigenvalue weighted by atomic mass is 16.5. The summed E-state index contributed by atoms with van der Waals surface area (Å²) in [5, 5.41) is 6.85. The molecule has 0 aromatic heterocycles. The summed E-state index contributed by atoms with van der Waals surface area (Å²) in [5.41, 5.74) is 0.106. The molecule has 1 aliphatic heterocycles. The number of guanidine groups is 1. The number of nitrogens with zero attached hydrogens (tertiary/aromatic N) is 3. The Kier molecular flexibility index (Phi) is 9.75. The standard InChI is InChI=1S/C19H41N5O/c1-8-23-9-11-24(12-10-23)15-16(2)13-21-18(20-6)22-14-17(25-7)19(3,4)5/h16-17H,8-15H2,1-7H3,(H2,20,21,22). The third kappa shape index (κ3) is 8.38. The molecule has 1 rings (SSSR count). The van der Waals surface area contributed by atoms with Gasteiger partial charge in [0.15, 0.2) is 5.96 Å². The highest BCUT2D eigenvalue weighted by Gasteiger charge is 2.24. The quantitative estimate of drug-likeness (QED) is 0.510. The lowest BCUT2D eigenvalue weighted by Crippen LogP contribution is -2.49. The molecule has 1 heterocycles. The van der Waals surface area contributed by atoms with Gasteiger partial charge < -0.3 is 25.2 Å². The van der Waals surface area contributed by atoms with E-state index in [1.165, 1.54) is 32.7 Å². The summed E-state index contributed by atoms with van der Waals surface area (Å²) in [4.78, 5) is 9.43. The minimum Gasteiger partial charge on any atom is -0.379 e. The highest BCUT2D eigenvalue weighted by molar-refractivity contribution is 5.79. The van der Waals surface area contributed by atoms with Gasteiger partial charge in [-0.3, -0.25) is 4.99 Å². The van der Waals surface area contributed by atoms with Crippen LogP contribution in [0.15, 0.2) is 4.99 Å². The van der Waals surface area contributed by atoms with Crippen molar-refractivity contribution in [3.63, 3.8) is 0 Å². The van der Waals surface area contributed by atoms with Crippen LogP contribution in [0.2, 0.25) is 0 Å². The summed E-state index contributed by atoms with van der Waals surface area (Å²) in [5.74, 6) is 1.45. The zero-order chi connectivity index (χ0) is 18.9. The van der Waals surface area contributed by atoms with Crippen LogP contribution in [0.4, 0.5) is 0 Å². The van der Waals surface area contributed by atoms with Crippen molar-refractivity contribution in [3.05, 3.63) is 0 Å². The van der Waals surface area contributed by atoms with Gasteiger partial charge in [0, 0.05) is 60.0 Å². The van der Waals surface area contributed by atoms with Crippen LogP contribution >= 0.6 is 0 Å². The molecule has 0 aromatic carbocycles. The van der Waals surface area contributed by atoms with Gasteiger partial charge in [-0.05, 0) is 17.9 Å². The number of hydrogen-bond acceptors (Lipinski definition) is 4. The maximum Gasteiger partial charge on any atom is 0.191 e. The average molecular weight is 356 g/mol. The molecule has 25 heavy (non-hydrogen) atoms. The Bertz CT molecular complexity index is 386.